The highest BCUT2D eigenvalue weighted by Crippen LogP contribution is 2.32. The average Bonchev–Trinajstić information content (AvgIpc) is 2.56. The van der Waals surface area contributed by atoms with Crippen LogP contribution in [0.2, 0.25) is 0 Å². The molecule has 0 heterocycles. The predicted octanol–water partition coefficient (Wildman–Crippen LogP) is 5.56. The van der Waals surface area contributed by atoms with Crippen LogP contribution >= 0.6 is 15.9 Å². The van der Waals surface area contributed by atoms with Crippen LogP contribution in [-0.4, -0.2) is 10.6 Å². The van der Waals surface area contributed by atoms with E-state index in [2.05, 4.69) is 15.9 Å². The fourth-order valence-electron chi connectivity index (χ4n) is 2.71. The molecule has 0 amide bonds. The molecule has 0 N–H and O–H groups in total. The molecule has 4 heteroatoms. The molecule has 0 aromatic heterocycles. The Hall–Kier alpha value is -2.07. The molecule has 1 aliphatic rings. The molecular weight excluding hydrogens is 374 g/mol. The van der Waals surface area contributed by atoms with E-state index in [0.717, 1.165) is 11.1 Å². The van der Waals surface area contributed by atoms with Crippen molar-refractivity contribution >= 4 is 33.9 Å². The second-order valence-electron chi connectivity index (χ2n) is 5.78. The number of rotatable bonds is 2. The zero-order chi connectivity index (χ0) is 17.1. The molecule has 24 heavy (non-hydrogen) atoms. The van der Waals surface area contributed by atoms with E-state index >= 15 is 0 Å². The summed E-state index contributed by atoms with van der Waals surface area (Å²) in [6.45, 7) is 0. The second-order valence-corrected chi connectivity index (χ2v) is 7.07. The maximum absolute atomic E-state index is 13.0. The zero-order valence-corrected chi connectivity index (χ0v) is 14.4. The molecule has 0 radical (unpaired) electrons. The topological polar surface area (TPSA) is 17.1 Å². The van der Waals surface area contributed by atoms with Gasteiger partial charge in [-0.15, -0.1) is 0 Å². The van der Waals surface area contributed by atoms with Crippen LogP contribution in [0.25, 0.3) is 12.2 Å². The van der Waals surface area contributed by atoms with Crippen LogP contribution in [0.1, 0.15) is 24.0 Å². The molecule has 1 aliphatic carbocycles. The number of alkyl halides is 1. The van der Waals surface area contributed by atoms with E-state index in [-0.39, 0.29) is 22.2 Å². The van der Waals surface area contributed by atoms with Crippen molar-refractivity contribution in [3.63, 3.8) is 0 Å². The van der Waals surface area contributed by atoms with Gasteiger partial charge in [0.1, 0.15) is 11.6 Å². The largest absolute Gasteiger partial charge is 0.289 e. The first-order valence-electron chi connectivity index (χ1n) is 7.62. The summed E-state index contributed by atoms with van der Waals surface area (Å²) in [5.74, 6) is -0.621. The molecule has 0 spiro atoms. The van der Waals surface area contributed by atoms with Crippen LogP contribution in [-0.2, 0) is 4.79 Å². The molecule has 3 rings (SSSR count). The summed E-state index contributed by atoms with van der Waals surface area (Å²) >= 11 is 3.59. The molecule has 0 bridgehead atoms. The van der Waals surface area contributed by atoms with Gasteiger partial charge < -0.3 is 0 Å². The number of hydrogen-bond acceptors (Lipinski definition) is 1. The van der Waals surface area contributed by atoms with Gasteiger partial charge >= 0.3 is 0 Å². The molecule has 2 aromatic rings. The van der Waals surface area contributed by atoms with Gasteiger partial charge in [-0.25, -0.2) is 8.78 Å². The Balaban J connectivity index is 1.90. The molecule has 1 saturated carbocycles. The summed E-state index contributed by atoms with van der Waals surface area (Å²) in [5, 5.41) is 0. The number of ketones is 1. The lowest BCUT2D eigenvalue weighted by molar-refractivity contribution is -0.112. The maximum atomic E-state index is 13.0. The normalized spacial score (nSPS) is 21.5. The van der Waals surface area contributed by atoms with Crippen LogP contribution in [0.15, 0.2) is 59.7 Å². The third-order valence-corrected chi connectivity index (χ3v) is 4.54. The number of Topliss-reactive ketones (excluding diaryl/α,β-unsaturated/α-hetero) is 1. The average molecular weight is 389 g/mol. The van der Waals surface area contributed by atoms with Gasteiger partial charge in [-0.05, 0) is 60.4 Å². The van der Waals surface area contributed by atoms with Crippen molar-refractivity contribution in [3.05, 3.63) is 82.4 Å². The molecule has 0 saturated heterocycles. The first kappa shape index (κ1) is 16.8. The summed E-state index contributed by atoms with van der Waals surface area (Å²) < 4.78 is 26.0. The number of benzene rings is 2. The predicted molar refractivity (Wildman–Crippen MR) is 95.7 cm³/mol. The van der Waals surface area contributed by atoms with Crippen LogP contribution in [0, 0.1) is 11.6 Å². The minimum atomic E-state index is -0.303. The standard InChI is InChI=1S/C20H15BrF2O/c21-17-11-15(9-13-1-5-18(22)6-2-13)20(24)16(12-17)10-14-3-7-19(23)8-4-14/h1-10,17H,11-12H2/b15-9+,16-10+. The third-order valence-electron chi connectivity index (χ3n) is 3.89. The van der Waals surface area contributed by atoms with Gasteiger partial charge in [0.25, 0.3) is 0 Å². The van der Waals surface area contributed by atoms with E-state index in [0.29, 0.717) is 24.0 Å². The lowest BCUT2D eigenvalue weighted by Gasteiger charge is -2.21. The molecule has 2 aromatic carbocycles. The summed E-state index contributed by atoms with van der Waals surface area (Å²) in [7, 11) is 0. The van der Waals surface area contributed by atoms with Gasteiger partial charge in [0.05, 0.1) is 0 Å². The van der Waals surface area contributed by atoms with Gasteiger partial charge in [-0.3, -0.25) is 4.79 Å². The van der Waals surface area contributed by atoms with Crippen LogP contribution in [0.5, 0.6) is 0 Å². The van der Waals surface area contributed by atoms with Crippen molar-refractivity contribution in [3.8, 4) is 0 Å². The Morgan fingerprint density at radius 3 is 1.54 bits per heavy atom. The van der Waals surface area contributed by atoms with Gasteiger partial charge in [0.15, 0.2) is 5.78 Å². The third kappa shape index (κ3) is 4.06. The first-order valence-corrected chi connectivity index (χ1v) is 8.54. The second kappa shape index (κ2) is 7.22. The SMILES string of the molecule is O=C1/C(=C/c2ccc(F)cc2)CC(Br)C/C1=C\c1ccc(F)cc1. The van der Waals surface area contributed by atoms with Crippen molar-refractivity contribution < 1.29 is 13.6 Å². The highest BCUT2D eigenvalue weighted by Gasteiger charge is 2.26. The quantitative estimate of drug-likeness (QED) is 0.486. The molecule has 0 unspecified atom stereocenters. The van der Waals surface area contributed by atoms with E-state index in [4.69, 9.17) is 0 Å². The van der Waals surface area contributed by atoms with E-state index in [1.807, 2.05) is 0 Å². The minimum Gasteiger partial charge on any atom is -0.289 e. The molecular formula is C20H15BrF2O. The van der Waals surface area contributed by atoms with Crippen LogP contribution in [0.4, 0.5) is 8.78 Å². The minimum absolute atomic E-state index is 0.0145. The van der Waals surface area contributed by atoms with Crippen molar-refractivity contribution in [2.75, 3.05) is 0 Å². The van der Waals surface area contributed by atoms with E-state index in [9.17, 15) is 13.6 Å². The number of allylic oxidation sites excluding steroid dienone is 2. The van der Waals surface area contributed by atoms with Gasteiger partial charge in [0.2, 0.25) is 0 Å². The van der Waals surface area contributed by atoms with Gasteiger partial charge in [-0.2, -0.15) is 0 Å². The number of hydrogen-bond donors (Lipinski definition) is 0. The van der Waals surface area contributed by atoms with Crippen molar-refractivity contribution in [1.29, 1.82) is 0 Å². The van der Waals surface area contributed by atoms with E-state index in [1.54, 1.807) is 36.4 Å². The summed E-state index contributed by atoms with van der Waals surface area (Å²) in [6, 6.07) is 12.1. The van der Waals surface area contributed by atoms with Crippen molar-refractivity contribution in [2.45, 2.75) is 17.7 Å². The van der Waals surface area contributed by atoms with Crippen LogP contribution in [0.3, 0.4) is 0 Å². The fourth-order valence-corrected chi connectivity index (χ4v) is 3.41. The molecule has 0 atom stereocenters. The molecule has 122 valence electrons. The van der Waals surface area contributed by atoms with Crippen molar-refractivity contribution in [2.24, 2.45) is 0 Å². The molecule has 1 fully saturated rings. The number of halogens is 3. The number of carbonyl (C=O) groups excluding carboxylic acids is 1. The maximum Gasteiger partial charge on any atom is 0.185 e. The summed E-state index contributed by atoms with van der Waals surface area (Å²) in [4.78, 5) is 12.9. The Morgan fingerprint density at radius 1 is 0.792 bits per heavy atom. The smallest absolute Gasteiger partial charge is 0.185 e. The Bertz CT molecular complexity index is 737. The van der Waals surface area contributed by atoms with Gasteiger partial charge in [-0.1, -0.05) is 40.2 Å². The number of carbonyl (C=O) groups is 1. The Kier molecular flexibility index (Phi) is 5.05. The molecule has 1 nitrogen and oxygen atoms in total. The lowest BCUT2D eigenvalue weighted by atomic mass is 9.86. The first-order chi connectivity index (χ1) is 11.5. The summed E-state index contributed by atoms with van der Waals surface area (Å²) in [5.41, 5.74) is 2.95. The Morgan fingerprint density at radius 2 is 1.17 bits per heavy atom. The van der Waals surface area contributed by atoms with E-state index < -0.39 is 0 Å². The zero-order valence-electron chi connectivity index (χ0n) is 12.8. The monoisotopic (exact) mass is 388 g/mol. The van der Waals surface area contributed by atoms with E-state index in [1.165, 1.54) is 24.3 Å². The van der Waals surface area contributed by atoms with Crippen molar-refractivity contribution in [1.82, 2.24) is 0 Å². The highest BCUT2D eigenvalue weighted by atomic mass is 79.9. The summed E-state index contributed by atoms with van der Waals surface area (Å²) in [6.07, 6.45) is 4.84. The highest BCUT2D eigenvalue weighted by molar-refractivity contribution is 9.09. The Labute approximate surface area is 147 Å². The molecule has 0 aliphatic heterocycles. The van der Waals surface area contributed by atoms with Crippen LogP contribution < -0.4 is 0 Å². The van der Waals surface area contributed by atoms with Gasteiger partial charge in [0, 0.05) is 16.0 Å². The lowest BCUT2D eigenvalue weighted by Crippen LogP contribution is -2.19. The fraction of sp³-hybridized carbons (Fsp3) is 0.150.